The molecule has 0 aromatic carbocycles. The van der Waals surface area contributed by atoms with Crippen molar-refractivity contribution >= 4 is 21.7 Å². The van der Waals surface area contributed by atoms with E-state index >= 15 is 0 Å². The number of hydrogen-bond donors (Lipinski definition) is 1. The summed E-state index contributed by atoms with van der Waals surface area (Å²) in [4.78, 5) is 22.4. The summed E-state index contributed by atoms with van der Waals surface area (Å²) < 4.78 is 23.2. The SMILES string of the molecule is CCCNc1ncc(C(=O)N(CC)C2CCS(=O)(=O)C2)cn1. The van der Waals surface area contributed by atoms with Crippen LogP contribution in [-0.4, -0.2) is 59.8 Å². The number of rotatable bonds is 6. The molecule has 2 heterocycles. The predicted molar refractivity (Wildman–Crippen MR) is 84.6 cm³/mol. The number of nitrogens with zero attached hydrogens (tertiary/aromatic N) is 3. The largest absolute Gasteiger partial charge is 0.354 e. The van der Waals surface area contributed by atoms with Crippen LogP contribution < -0.4 is 5.32 Å². The highest BCUT2D eigenvalue weighted by Gasteiger charge is 2.34. The molecule has 0 bridgehead atoms. The number of sulfone groups is 1. The average Bonchev–Trinajstić information content (AvgIpc) is 2.86. The van der Waals surface area contributed by atoms with E-state index < -0.39 is 9.84 Å². The van der Waals surface area contributed by atoms with Crippen LogP contribution in [0.2, 0.25) is 0 Å². The number of carbonyl (C=O) groups excluding carboxylic acids is 1. The van der Waals surface area contributed by atoms with Crippen LogP contribution in [0.1, 0.15) is 37.0 Å². The Bertz CT molecular complexity index is 615. The fraction of sp³-hybridized carbons (Fsp3) is 0.643. The summed E-state index contributed by atoms with van der Waals surface area (Å²) in [7, 11) is -3.02. The van der Waals surface area contributed by atoms with Crippen LogP contribution in [0.3, 0.4) is 0 Å². The van der Waals surface area contributed by atoms with Gasteiger partial charge in [0, 0.05) is 31.5 Å². The van der Waals surface area contributed by atoms with Gasteiger partial charge in [0.25, 0.3) is 5.91 Å². The van der Waals surface area contributed by atoms with E-state index in [4.69, 9.17) is 0 Å². The number of aromatic nitrogens is 2. The smallest absolute Gasteiger partial charge is 0.257 e. The van der Waals surface area contributed by atoms with Crippen molar-refractivity contribution in [2.75, 3.05) is 29.9 Å². The summed E-state index contributed by atoms with van der Waals surface area (Å²) >= 11 is 0. The van der Waals surface area contributed by atoms with E-state index in [9.17, 15) is 13.2 Å². The number of amides is 1. The molecule has 1 atom stereocenters. The van der Waals surface area contributed by atoms with Gasteiger partial charge in [0.05, 0.1) is 17.1 Å². The third-order valence-electron chi connectivity index (χ3n) is 3.68. The molecular formula is C14H22N4O3S. The molecule has 122 valence electrons. The Morgan fingerprint density at radius 2 is 2.05 bits per heavy atom. The minimum absolute atomic E-state index is 0.0452. The van der Waals surface area contributed by atoms with Crippen molar-refractivity contribution in [2.45, 2.75) is 32.7 Å². The molecule has 1 fully saturated rings. The van der Waals surface area contributed by atoms with E-state index in [0.29, 0.717) is 24.5 Å². The lowest BCUT2D eigenvalue weighted by Crippen LogP contribution is -2.41. The first-order valence-corrected chi connectivity index (χ1v) is 9.36. The Labute approximate surface area is 131 Å². The Balaban J connectivity index is 2.08. The fourth-order valence-corrected chi connectivity index (χ4v) is 4.25. The van der Waals surface area contributed by atoms with Gasteiger partial charge < -0.3 is 10.2 Å². The van der Waals surface area contributed by atoms with E-state index in [1.165, 1.54) is 12.4 Å². The minimum Gasteiger partial charge on any atom is -0.354 e. The van der Waals surface area contributed by atoms with Gasteiger partial charge in [-0.05, 0) is 19.8 Å². The lowest BCUT2D eigenvalue weighted by Gasteiger charge is -2.26. The van der Waals surface area contributed by atoms with Gasteiger partial charge in [-0.3, -0.25) is 4.79 Å². The third-order valence-corrected chi connectivity index (χ3v) is 5.43. The normalized spacial score (nSPS) is 19.8. The number of hydrogen-bond acceptors (Lipinski definition) is 6. The molecular weight excluding hydrogens is 304 g/mol. The van der Waals surface area contributed by atoms with E-state index in [-0.39, 0.29) is 23.5 Å². The standard InChI is InChI=1S/C14H22N4O3S/c1-3-6-15-14-16-8-11(9-17-14)13(19)18(4-2)12-5-7-22(20,21)10-12/h8-9,12H,3-7,10H2,1-2H3,(H,15,16,17). The highest BCUT2D eigenvalue weighted by Crippen LogP contribution is 2.19. The molecule has 8 heteroatoms. The van der Waals surface area contributed by atoms with Crippen LogP contribution >= 0.6 is 0 Å². The Kier molecular flexibility index (Phi) is 5.33. The monoisotopic (exact) mass is 326 g/mol. The summed E-state index contributed by atoms with van der Waals surface area (Å²) in [6.45, 7) is 5.13. The minimum atomic E-state index is -3.02. The maximum Gasteiger partial charge on any atom is 0.257 e. The van der Waals surface area contributed by atoms with Crippen LogP contribution in [0.5, 0.6) is 0 Å². The molecule has 1 amide bonds. The lowest BCUT2D eigenvalue weighted by atomic mass is 10.2. The van der Waals surface area contributed by atoms with Gasteiger partial charge >= 0.3 is 0 Å². The summed E-state index contributed by atoms with van der Waals surface area (Å²) in [5.41, 5.74) is 0.383. The van der Waals surface area contributed by atoms with Crippen LogP contribution in [-0.2, 0) is 9.84 Å². The first kappa shape index (κ1) is 16.7. The summed E-state index contributed by atoms with van der Waals surface area (Å²) in [5, 5.41) is 3.04. The van der Waals surface area contributed by atoms with Crippen molar-refractivity contribution < 1.29 is 13.2 Å². The van der Waals surface area contributed by atoms with Crippen LogP contribution in [0.4, 0.5) is 5.95 Å². The van der Waals surface area contributed by atoms with Gasteiger partial charge in [-0.1, -0.05) is 6.92 Å². The van der Waals surface area contributed by atoms with Crippen molar-refractivity contribution in [1.82, 2.24) is 14.9 Å². The number of nitrogens with one attached hydrogen (secondary N) is 1. The predicted octanol–water partition coefficient (Wildman–Crippen LogP) is 0.948. The van der Waals surface area contributed by atoms with Crippen molar-refractivity contribution in [3.05, 3.63) is 18.0 Å². The molecule has 22 heavy (non-hydrogen) atoms. The summed E-state index contributed by atoms with van der Waals surface area (Å²) in [6, 6.07) is -0.250. The molecule has 1 aliphatic heterocycles. The van der Waals surface area contributed by atoms with Crippen molar-refractivity contribution in [3.63, 3.8) is 0 Å². The van der Waals surface area contributed by atoms with Gasteiger partial charge in [-0.2, -0.15) is 0 Å². The molecule has 1 aliphatic rings. The number of carbonyl (C=O) groups is 1. The van der Waals surface area contributed by atoms with E-state index in [2.05, 4.69) is 15.3 Å². The molecule has 1 N–H and O–H groups in total. The molecule has 0 spiro atoms. The molecule has 1 saturated heterocycles. The Morgan fingerprint density at radius 1 is 1.36 bits per heavy atom. The fourth-order valence-electron chi connectivity index (χ4n) is 2.52. The van der Waals surface area contributed by atoms with Crippen LogP contribution in [0.15, 0.2) is 12.4 Å². The molecule has 7 nitrogen and oxygen atoms in total. The molecule has 1 aromatic rings. The first-order valence-electron chi connectivity index (χ1n) is 7.54. The van der Waals surface area contributed by atoms with Crippen LogP contribution in [0, 0.1) is 0 Å². The molecule has 1 unspecified atom stereocenters. The summed E-state index contributed by atoms with van der Waals surface area (Å²) in [6.07, 6.45) is 4.43. The van der Waals surface area contributed by atoms with Gasteiger partial charge in [0.1, 0.15) is 0 Å². The highest BCUT2D eigenvalue weighted by atomic mass is 32.2. The molecule has 0 radical (unpaired) electrons. The van der Waals surface area contributed by atoms with Gasteiger partial charge in [0.15, 0.2) is 9.84 Å². The lowest BCUT2D eigenvalue weighted by molar-refractivity contribution is 0.0707. The van der Waals surface area contributed by atoms with Crippen molar-refractivity contribution in [3.8, 4) is 0 Å². The van der Waals surface area contributed by atoms with Gasteiger partial charge in [0.2, 0.25) is 5.95 Å². The van der Waals surface area contributed by atoms with E-state index in [1.54, 1.807) is 4.90 Å². The molecule has 2 rings (SSSR count). The molecule has 1 aromatic heterocycles. The zero-order chi connectivity index (χ0) is 16.2. The van der Waals surface area contributed by atoms with Gasteiger partial charge in [-0.15, -0.1) is 0 Å². The maximum absolute atomic E-state index is 12.5. The van der Waals surface area contributed by atoms with E-state index in [0.717, 1.165) is 13.0 Å². The maximum atomic E-state index is 12.5. The average molecular weight is 326 g/mol. The zero-order valence-corrected chi connectivity index (χ0v) is 13.8. The number of anilines is 1. The Hall–Kier alpha value is -1.70. The van der Waals surface area contributed by atoms with Crippen molar-refractivity contribution in [2.24, 2.45) is 0 Å². The summed E-state index contributed by atoms with van der Waals surface area (Å²) in [5.74, 6) is 0.470. The first-order chi connectivity index (χ1) is 10.5. The second-order valence-electron chi connectivity index (χ2n) is 5.37. The van der Waals surface area contributed by atoms with Crippen LogP contribution in [0.25, 0.3) is 0 Å². The second kappa shape index (κ2) is 7.04. The zero-order valence-electron chi connectivity index (χ0n) is 12.9. The molecule has 0 aliphatic carbocycles. The van der Waals surface area contributed by atoms with Crippen molar-refractivity contribution in [1.29, 1.82) is 0 Å². The molecule has 0 saturated carbocycles. The highest BCUT2D eigenvalue weighted by molar-refractivity contribution is 7.91. The third kappa shape index (κ3) is 3.94. The second-order valence-corrected chi connectivity index (χ2v) is 7.60. The van der Waals surface area contributed by atoms with Gasteiger partial charge in [-0.25, -0.2) is 18.4 Å². The quantitative estimate of drug-likeness (QED) is 0.836. The Morgan fingerprint density at radius 3 is 2.55 bits per heavy atom. The topological polar surface area (TPSA) is 92.3 Å². The van der Waals surface area contributed by atoms with E-state index in [1.807, 2.05) is 13.8 Å².